The van der Waals surface area contributed by atoms with E-state index in [1.165, 1.54) is 5.56 Å². The van der Waals surface area contributed by atoms with Gasteiger partial charge in [-0.15, -0.1) is 0 Å². The Morgan fingerprint density at radius 3 is 2.24 bits per heavy atom. The van der Waals surface area contributed by atoms with Gasteiger partial charge in [0, 0.05) is 30.5 Å². The first-order valence-electron chi connectivity index (χ1n) is 8.29. The first kappa shape index (κ1) is 18.7. The predicted octanol–water partition coefficient (Wildman–Crippen LogP) is 3.44. The van der Waals surface area contributed by atoms with E-state index in [0.29, 0.717) is 30.2 Å². The van der Waals surface area contributed by atoms with Crippen LogP contribution in [0.25, 0.3) is 0 Å². The van der Waals surface area contributed by atoms with Gasteiger partial charge in [-0.05, 0) is 41.8 Å². The molecule has 2 amide bonds. The monoisotopic (exact) mass is 340 g/mol. The molecule has 5 nitrogen and oxygen atoms in total. The summed E-state index contributed by atoms with van der Waals surface area (Å²) >= 11 is 0. The highest BCUT2D eigenvalue weighted by atomic mass is 16.5. The van der Waals surface area contributed by atoms with Crippen LogP contribution >= 0.6 is 0 Å². The Morgan fingerprint density at radius 2 is 1.64 bits per heavy atom. The van der Waals surface area contributed by atoms with Crippen molar-refractivity contribution in [3.8, 4) is 0 Å². The third-order valence-corrected chi connectivity index (χ3v) is 3.81. The molecule has 0 fully saturated rings. The highest BCUT2D eigenvalue weighted by molar-refractivity contribution is 6.06. The summed E-state index contributed by atoms with van der Waals surface area (Å²) in [5.74, 6) is -0.0325. The number of nitrogens with one attached hydrogen (secondary N) is 2. The van der Waals surface area contributed by atoms with E-state index in [-0.39, 0.29) is 11.8 Å². The minimum atomic E-state index is -0.246. The van der Waals surface area contributed by atoms with E-state index in [1.807, 2.05) is 24.3 Å². The van der Waals surface area contributed by atoms with Crippen molar-refractivity contribution in [1.29, 1.82) is 0 Å². The summed E-state index contributed by atoms with van der Waals surface area (Å²) in [5.41, 5.74) is 2.82. The molecule has 132 valence electrons. The van der Waals surface area contributed by atoms with Crippen LogP contribution in [0.15, 0.2) is 48.5 Å². The molecule has 25 heavy (non-hydrogen) atoms. The molecule has 0 aliphatic heterocycles. The lowest BCUT2D eigenvalue weighted by Crippen LogP contribution is -2.27. The normalized spacial score (nSPS) is 10.6. The molecule has 0 saturated carbocycles. The average molecular weight is 340 g/mol. The molecule has 2 N–H and O–H groups in total. The standard InChI is InChI=1S/C20H24N2O3/c1-14(2)15-7-9-18(10-8-15)22-20(24)17-6-4-5-16(13-17)19(23)21-11-12-25-3/h4-10,13-14H,11-12H2,1-3H3,(H,21,23)(H,22,24). The summed E-state index contributed by atoms with van der Waals surface area (Å²) in [6, 6.07) is 14.4. The fourth-order valence-electron chi connectivity index (χ4n) is 2.32. The smallest absolute Gasteiger partial charge is 0.255 e. The van der Waals surface area contributed by atoms with Crippen molar-refractivity contribution in [1.82, 2.24) is 5.32 Å². The molecule has 5 heteroatoms. The van der Waals surface area contributed by atoms with Gasteiger partial charge >= 0.3 is 0 Å². The first-order chi connectivity index (χ1) is 12.0. The average Bonchev–Trinajstić information content (AvgIpc) is 2.62. The van der Waals surface area contributed by atoms with Gasteiger partial charge in [-0.1, -0.05) is 32.0 Å². The SMILES string of the molecule is COCCNC(=O)c1cccc(C(=O)Nc2ccc(C(C)C)cc2)c1. The van der Waals surface area contributed by atoms with Crippen LogP contribution in [0.4, 0.5) is 5.69 Å². The second-order valence-corrected chi connectivity index (χ2v) is 6.06. The zero-order valence-corrected chi connectivity index (χ0v) is 14.8. The van der Waals surface area contributed by atoms with Crippen molar-refractivity contribution in [2.45, 2.75) is 19.8 Å². The lowest BCUT2D eigenvalue weighted by Gasteiger charge is -2.09. The first-order valence-corrected chi connectivity index (χ1v) is 8.29. The number of methoxy groups -OCH3 is 1. The van der Waals surface area contributed by atoms with Crippen molar-refractivity contribution in [2.75, 3.05) is 25.6 Å². The summed E-state index contributed by atoms with van der Waals surface area (Å²) in [6.07, 6.45) is 0. The Morgan fingerprint density at radius 1 is 1.00 bits per heavy atom. The summed E-state index contributed by atoms with van der Waals surface area (Å²) in [5, 5.41) is 5.59. The van der Waals surface area contributed by atoms with Gasteiger partial charge in [0.1, 0.15) is 0 Å². The molecular weight excluding hydrogens is 316 g/mol. The molecule has 0 bridgehead atoms. The molecule has 2 aromatic carbocycles. The van der Waals surface area contributed by atoms with E-state index in [4.69, 9.17) is 4.74 Å². The number of rotatable bonds is 7. The summed E-state index contributed by atoms with van der Waals surface area (Å²) in [6.45, 7) is 5.11. The molecule has 0 atom stereocenters. The number of hydrogen-bond donors (Lipinski definition) is 2. The van der Waals surface area contributed by atoms with Crippen molar-refractivity contribution < 1.29 is 14.3 Å². The second kappa shape index (κ2) is 8.99. The quantitative estimate of drug-likeness (QED) is 0.759. The summed E-state index contributed by atoms with van der Waals surface area (Å²) in [4.78, 5) is 24.5. The highest BCUT2D eigenvalue weighted by Gasteiger charge is 2.11. The summed E-state index contributed by atoms with van der Waals surface area (Å²) < 4.78 is 4.90. The zero-order chi connectivity index (χ0) is 18.2. The maximum Gasteiger partial charge on any atom is 0.255 e. The zero-order valence-electron chi connectivity index (χ0n) is 14.8. The Balaban J connectivity index is 2.04. The van der Waals surface area contributed by atoms with Gasteiger partial charge in [0.2, 0.25) is 0 Å². The van der Waals surface area contributed by atoms with Crippen LogP contribution in [-0.2, 0) is 4.74 Å². The number of hydrogen-bond acceptors (Lipinski definition) is 3. The Hall–Kier alpha value is -2.66. The molecule has 2 rings (SSSR count). The topological polar surface area (TPSA) is 67.4 Å². The number of ether oxygens (including phenoxy) is 1. The van der Waals surface area contributed by atoms with Crippen LogP contribution in [0.1, 0.15) is 46.0 Å². The van der Waals surface area contributed by atoms with Crippen LogP contribution in [0.3, 0.4) is 0 Å². The van der Waals surface area contributed by atoms with Gasteiger partial charge < -0.3 is 15.4 Å². The van der Waals surface area contributed by atoms with E-state index < -0.39 is 0 Å². The lowest BCUT2D eigenvalue weighted by atomic mass is 10.0. The van der Waals surface area contributed by atoms with E-state index in [0.717, 1.165) is 5.69 Å². The number of carbonyl (C=O) groups is 2. The molecule has 0 heterocycles. The van der Waals surface area contributed by atoms with Gasteiger partial charge in [0.15, 0.2) is 0 Å². The Kier molecular flexibility index (Phi) is 6.71. The molecular formula is C20H24N2O3. The van der Waals surface area contributed by atoms with Crippen LogP contribution < -0.4 is 10.6 Å². The molecule has 0 radical (unpaired) electrons. The Bertz CT molecular complexity index is 724. The number of anilines is 1. The van der Waals surface area contributed by atoms with Crippen LogP contribution in [-0.4, -0.2) is 32.1 Å². The fraction of sp³-hybridized carbons (Fsp3) is 0.300. The van der Waals surface area contributed by atoms with Crippen LogP contribution in [0.5, 0.6) is 0 Å². The molecule has 0 saturated heterocycles. The second-order valence-electron chi connectivity index (χ2n) is 6.06. The lowest BCUT2D eigenvalue weighted by molar-refractivity contribution is 0.0937. The molecule has 0 aromatic heterocycles. The van der Waals surface area contributed by atoms with Gasteiger partial charge in [-0.2, -0.15) is 0 Å². The number of amides is 2. The van der Waals surface area contributed by atoms with E-state index in [2.05, 4.69) is 24.5 Å². The van der Waals surface area contributed by atoms with E-state index in [1.54, 1.807) is 31.4 Å². The van der Waals surface area contributed by atoms with Crippen LogP contribution in [0, 0.1) is 0 Å². The molecule has 0 unspecified atom stereocenters. The molecule has 0 aliphatic rings. The third-order valence-electron chi connectivity index (χ3n) is 3.81. The third kappa shape index (κ3) is 5.43. The maximum absolute atomic E-state index is 12.4. The van der Waals surface area contributed by atoms with E-state index >= 15 is 0 Å². The minimum Gasteiger partial charge on any atom is -0.383 e. The van der Waals surface area contributed by atoms with Gasteiger partial charge in [0.25, 0.3) is 11.8 Å². The van der Waals surface area contributed by atoms with Gasteiger partial charge in [0.05, 0.1) is 6.61 Å². The maximum atomic E-state index is 12.4. The number of carbonyl (C=O) groups excluding carboxylic acids is 2. The van der Waals surface area contributed by atoms with E-state index in [9.17, 15) is 9.59 Å². The minimum absolute atomic E-state index is 0.229. The highest BCUT2D eigenvalue weighted by Crippen LogP contribution is 2.18. The summed E-state index contributed by atoms with van der Waals surface area (Å²) in [7, 11) is 1.57. The van der Waals surface area contributed by atoms with Gasteiger partial charge in [-0.25, -0.2) is 0 Å². The predicted molar refractivity (Wildman–Crippen MR) is 99.1 cm³/mol. The van der Waals surface area contributed by atoms with Crippen molar-refractivity contribution in [3.05, 3.63) is 65.2 Å². The Labute approximate surface area is 148 Å². The number of benzene rings is 2. The fourth-order valence-corrected chi connectivity index (χ4v) is 2.32. The molecule has 0 spiro atoms. The van der Waals surface area contributed by atoms with Crippen molar-refractivity contribution >= 4 is 17.5 Å². The van der Waals surface area contributed by atoms with Crippen molar-refractivity contribution in [3.63, 3.8) is 0 Å². The van der Waals surface area contributed by atoms with Gasteiger partial charge in [-0.3, -0.25) is 9.59 Å². The van der Waals surface area contributed by atoms with Crippen molar-refractivity contribution in [2.24, 2.45) is 0 Å². The molecule has 0 aliphatic carbocycles. The molecule has 2 aromatic rings. The largest absolute Gasteiger partial charge is 0.383 e. The van der Waals surface area contributed by atoms with Crippen LogP contribution in [0.2, 0.25) is 0 Å².